The number of carbonyl (C=O) groups is 3. The molecule has 1 rings (SSSR count). The topological polar surface area (TPSA) is 159 Å². The summed E-state index contributed by atoms with van der Waals surface area (Å²) in [7, 11) is 3.55. The SMILES string of the molecule is COC(=O)c1[c-]c(C(=O)OC)cc(C(=O)OC)c1.[C-]#[O+].[C-]#[O+].[C-]#[O+].[C-]#[O+].[Re]. The molecule has 0 saturated heterocycles. The van der Waals surface area contributed by atoms with Gasteiger partial charge in [0.2, 0.25) is 0 Å². The minimum absolute atomic E-state index is 0. The predicted octanol–water partition coefficient (Wildman–Crippen LogP) is 0.694. The van der Waals surface area contributed by atoms with E-state index in [9.17, 15) is 14.4 Å². The molecule has 0 atom stereocenters. The largest absolute Gasteiger partial charge is 0 e. The normalized spacial score (nSPS) is 6.63. The van der Waals surface area contributed by atoms with Crippen molar-refractivity contribution in [1.82, 2.24) is 0 Å². The van der Waals surface area contributed by atoms with Crippen LogP contribution in [0.1, 0.15) is 31.1 Å². The maximum Gasteiger partial charge on any atom is 0 e. The van der Waals surface area contributed by atoms with E-state index in [0.29, 0.717) is 0 Å². The number of esters is 3. The quantitative estimate of drug-likeness (QED) is 0.234. The molecule has 10 nitrogen and oxygen atoms in total. The number of carbonyl (C=O) groups excluding carboxylic acids is 3. The summed E-state index contributed by atoms with van der Waals surface area (Å²) >= 11 is 0. The first-order chi connectivity index (χ1) is 12.5. The summed E-state index contributed by atoms with van der Waals surface area (Å²) < 4.78 is 43.5. The van der Waals surface area contributed by atoms with Crippen LogP contribution in [0.15, 0.2) is 12.1 Å². The van der Waals surface area contributed by atoms with Crippen molar-refractivity contribution < 1.29 is 67.6 Å². The van der Waals surface area contributed by atoms with Gasteiger partial charge < -0.3 is 14.2 Å². The zero-order valence-corrected chi connectivity index (χ0v) is 16.8. The minimum atomic E-state index is -0.717. The van der Waals surface area contributed by atoms with Crippen molar-refractivity contribution in [3.05, 3.63) is 61.5 Å². The van der Waals surface area contributed by atoms with Crippen LogP contribution < -0.4 is 0 Å². The first-order valence-corrected chi connectivity index (χ1v) is 5.67. The van der Waals surface area contributed by atoms with Crippen LogP contribution in [-0.4, -0.2) is 39.2 Å². The third-order valence-corrected chi connectivity index (χ3v) is 2.10. The van der Waals surface area contributed by atoms with Gasteiger partial charge in [0.25, 0.3) is 11.9 Å². The molecule has 0 aromatic heterocycles. The van der Waals surface area contributed by atoms with E-state index in [-0.39, 0.29) is 37.1 Å². The standard InChI is InChI=1S/C12H11O6.4CO.Re/c1-16-10(13)7-4-8(11(14)17-2)6-9(5-7)12(15)18-3;4*1-2;/h4-5H,1-3H3;;;;;/q-1;;;;;. The Morgan fingerprint density at radius 1 is 0.704 bits per heavy atom. The number of benzene rings is 1. The van der Waals surface area contributed by atoms with Gasteiger partial charge >= 0.3 is 51.2 Å². The van der Waals surface area contributed by atoms with E-state index in [2.05, 4.69) is 46.9 Å². The summed E-state index contributed by atoms with van der Waals surface area (Å²) in [5.74, 6) is -2.11. The van der Waals surface area contributed by atoms with Crippen LogP contribution in [0.25, 0.3) is 0 Å². The van der Waals surface area contributed by atoms with Gasteiger partial charge in [0, 0.05) is 20.4 Å². The van der Waals surface area contributed by atoms with Crippen molar-refractivity contribution >= 4 is 17.9 Å². The third-order valence-electron chi connectivity index (χ3n) is 2.10. The molecular formula is C16H11O10Re-. The maximum atomic E-state index is 11.4. The van der Waals surface area contributed by atoms with Gasteiger partial charge in [-0.1, -0.05) is 0 Å². The van der Waals surface area contributed by atoms with E-state index in [0.717, 1.165) is 0 Å². The third kappa shape index (κ3) is 14.1. The van der Waals surface area contributed by atoms with E-state index in [1.165, 1.54) is 33.5 Å². The van der Waals surface area contributed by atoms with Crippen molar-refractivity contribution in [3.8, 4) is 0 Å². The monoisotopic (exact) mass is 550 g/mol. The molecule has 0 saturated carbocycles. The molecule has 0 spiro atoms. The molecule has 0 bridgehead atoms. The number of rotatable bonds is 3. The molecular weight excluding hydrogens is 538 g/mol. The average Bonchev–Trinajstić information content (AvgIpc) is 2.77. The first-order valence-electron chi connectivity index (χ1n) is 5.67. The molecule has 0 unspecified atom stereocenters. The van der Waals surface area contributed by atoms with Gasteiger partial charge in [-0.15, -0.1) is 18.2 Å². The van der Waals surface area contributed by atoms with Gasteiger partial charge in [-0.2, -0.15) is 0 Å². The second-order valence-corrected chi connectivity index (χ2v) is 3.17. The summed E-state index contributed by atoms with van der Waals surface area (Å²) in [5, 5.41) is 0. The molecule has 0 amide bonds. The Bertz CT molecular complexity index is 550. The van der Waals surface area contributed by atoms with Gasteiger partial charge in [-0.25, -0.2) is 4.79 Å². The van der Waals surface area contributed by atoms with Crippen LogP contribution >= 0.6 is 0 Å². The molecule has 1 aromatic carbocycles. The van der Waals surface area contributed by atoms with Crippen LogP contribution in [0.3, 0.4) is 0 Å². The molecule has 11 heteroatoms. The van der Waals surface area contributed by atoms with Crippen LogP contribution in [-0.2, 0) is 53.2 Å². The van der Waals surface area contributed by atoms with Gasteiger partial charge in [-0.05, 0) is 16.7 Å². The van der Waals surface area contributed by atoms with Crippen LogP contribution in [0.2, 0.25) is 0 Å². The van der Waals surface area contributed by atoms with Crippen molar-refractivity contribution in [2.75, 3.05) is 21.3 Å². The number of hydrogen-bond donors (Lipinski definition) is 0. The Morgan fingerprint density at radius 3 is 1.19 bits per heavy atom. The first kappa shape index (κ1) is 35.4. The summed E-state index contributed by atoms with van der Waals surface area (Å²) in [6, 6.07) is 4.96. The van der Waals surface area contributed by atoms with Crippen molar-refractivity contribution in [2.45, 2.75) is 0 Å². The number of methoxy groups -OCH3 is 3. The second kappa shape index (κ2) is 25.5. The summed E-state index contributed by atoms with van der Waals surface area (Å²) in [4.78, 5) is 34.2. The Balaban J connectivity index is -0.000000158. The Hall–Kier alpha value is -2.75. The van der Waals surface area contributed by atoms with E-state index in [4.69, 9.17) is 18.6 Å². The fourth-order valence-electron chi connectivity index (χ4n) is 1.25. The Kier molecular flexibility index (Phi) is 33.4. The second-order valence-electron chi connectivity index (χ2n) is 3.17. The number of ether oxygens (including phenoxy) is 3. The molecule has 0 fully saturated rings. The average molecular weight is 549 g/mol. The fraction of sp³-hybridized carbons (Fsp3) is 0.188. The molecule has 0 N–H and O–H groups in total. The summed E-state index contributed by atoms with van der Waals surface area (Å²) in [5.41, 5.74) is -0.0707. The van der Waals surface area contributed by atoms with E-state index < -0.39 is 17.9 Å². The van der Waals surface area contributed by atoms with Crippen LogP contribution in [0.5, 0.6) is 0 Å². The van der Waals surface area contributed by atoms with Gasteiger partial charge in [0.15, 0.2) is 0 Å². The molecule has 0 aliphatic rings. The molecule has 27 heavy (non-hydrogen) atoms. The van der Waals surface area contributed by atoms with E-state index >= 15 is 0 Å². The Morgan fingerprint density at radius 2 is 0.963 bits per heavy atom. The van der Waals surface area contributed by atoms with Gasteiger partial charge in [0.1, 0.15) is 0 Å². The predicted molar refractivity (Wildman–Crippen MR) is 75.0 cm³/mol. The molecule has 143 valence electrons. The zero-order chi connectivity index (χ0) is 21.7. The summed E-state index contributed by atoms with van der Waals surface area (Å²) in [6.07, 6.45) is 0. The van der Waals surface area contributed by atoms with E-state index in [1.807, 2.05) is 0 Å². The summed E-state index contributed by atoms with van der Waals surface area (Å²) in [6.45, 7) is 18.0. The van der Waals surface area contributed by atoms with Gasteiger partial charge in [-0.3, -0.25) is 9.59 Å². The molecule has 0 heterocycles. The molecule has 1 aromatic rings. The fourth-order valence-corrected chi connectivity index (χ4v) is 1.25. The molecule has 1 radical (unpaired) electrons. The van der Waals surface area contributed by atoms with Crippen molar-refractivity contribution in [2.24, 2.45) is 0 Å². The molecule has 0 aliphatic carbocycles. The molecule has 0 aliphatic heterocycles. The maximum absolute atomic E-state index is 11.4. The smallest absolute Gasteiger partial charge is 0 e. The minimum Gasteiger partial charge on any atom is 0 e. The van der Waals surface area contributed by atoms with Crippen LogP contribution in [0.4, 0.5) is 0 Å². The van der Waals surface area contributed by atoms with Crippen molar-refractivity contribution in [3.63, 3.8) is 0 Å². The van der Waals surface area contributed by atoms with Gasteiger partial charge in [0.05, 0.1) is 21.3 Å². The van der Waals surface area contributed by atoms with Crippen LogP contribution in [0, 0.1) is 32.7 Å². The number of hydrogen-bond acceptors (Lipinski definition) is 6. The zero-order valence-electron chi connectivity index (χ0n) is 14.1. The Labute approximate surface area is 168 Å². The van der Waals surface area contributed by atoms with E-state index in [1.54, 1.807) is 0 Å². The van der Waals surface area contributed by atoms with Crippen molar-refractivity contribution in [1.29, 1.82) is 0 Å².